The molecule has 10 heteroatoms. The van der Waals surface area contributed by atoms with Gasteiger partial charge in [-0.05, 0) is 31.2 Å². The van der Waals surface area contributed by atoms with Crippen molar-refractivity contribution in [2.75, 3.05) is 47.6 Å². The molecule has 2 amide bonds. The van der Waals surface area contributed by atoms with E-state index in [9.17, 15) is 14.4 Å². The Morgan fingerprint density at radius 2 is 1.90 bits per heavy atom. The number of carbonyl (C=O) groups is 3. The Labute approximate surface area is 172 Å². The van der Waals surface area contributed by atoms with Gasteiger partial charge in [0, 0.05) is 30.8 Å². The summed E-state index contributed by atoms with van der Waals surface area (Å²) in [4.78, 5) is 47.3. The number of nitrogens with zero attached hydrogens (tertiary/aromatic N) is 3. The van der Waals surface area contributed by atoms with Gasteiger partial charge >= 0.3 is 0 Å². The van der Waals surface area contributed by atoms with Crippen molar-refractivity contribution in [2.45, 2.75) is 19.3 Å². The van der Waals surface area contributed by atoms with Crippen LogP contribution in [0.4, 0.5) is 23.3 Å². The molecule has 3 heterocycles. The van der Waals surface area contributed by atoms with Crippen LogP contribution in [0.3, 0.4) is 0 Å². The molecule has 2 aliphatic rings. The molecule has 1 saturated heterocycles. The third kappa shape index (κ3) is 3.94. The molecule has 1 aromatic carbocycles. The third-order valence-corrected chi connectivity index (χ3v) is 5.13. The summed E-state index contributed by atoms with van der Waals surface area (Å²) in [5.74, 6) is -0.778. The number of ketones is 1. The summed E-state index contributed by atoms with van der Waals surface area (Å²) in [5.41, 5.74) is 7.66. The van der Waals surface area contributed by atoms with Crippen molar-refractivity contribution in [3.63, 3.8) is 0 Å². The van der Waals surface area contributed by atoms with Crippen LogP contribution in [0.1, 0.15) is 35.2 Å². The molecule has 156 valence electrons. The van der Waals surface area contributed by atoms with Crippen molar-refractivity contribution >= 4 is 40.9 Å². The van der Waals surface area contributed by atoms with Crippen LogP contribution in [0.25, 0.3) is 0 Å². The average molecular weight is 410 g/mol. The zero-order valence-electron chi connectivity index (χ0n) is 16.5. The summed E-state index contributed by atoms with van der Waals surface area (Å²) < 4.78 is 5.34. The second-order valence-electron chi connectivity index (χ2n) is 7.20. The van der Waals surface area contributed by atoms with Crippen molar-refractivity contribution in [1.82, 2.24) is 9.97 Å². The molecule has 0 bridgehead atoms. The molecular weight excluding hydrogens is 388 g/mol. The molecule has 0 radical (unpaired) electrons. The lowest BCUT2D eigenvalue weighted by molar-refractivity contribution is -0.123. The first kappa shape index (κ1) is 19.8. The number of amides is 2. The molecular formula is C20H22N6O4. The van der Waals surface area contributed by atoms with E-state index in [0.29, 0.717) is 49.1 Å². The lowest BCUT2D eigenvalue weighted by Crippen LogP contribution is -2.38. The summed E-state index contributed by atoms with van der Waals surface area (Å²) in [6, 6.07) is 6.54. The summed E-state index contributed by atoms with van der Waals surface area (Å²) in [5, 5.41) is 5.48. The van der Waals surface area contributed by atoms with Crippen LogP contribution in [0, 0.1) is 0 Å². The van der Waals surface area contributed by atoms with Crippen LogP contribution >= 0.6 is 0 Å². The summed E-state index contributed by atoms with van der Waals surface area (Å²) in [6.07, 6.45) is -0.0607. The number of anilines is 4. The maximum Gasteiger partial charge on any atom is 0.232 e. The van der Waals surface area contributed by atoms with Crippen LogP contribution < -0.4 is 21.3 Å². The number of morpholine rings is 1. The molecule has 1 atom stereocenters. The third-order valence-electron chi connectivity index (χ3n) is 5.13. The highest BCUT2D eigenvalue weighted by Gasteiger charge is 2.35. The summed E-state index contributed by atoms with van der Waals surface area (Å²) in [6.45, 7) is 3.82. The van der Waals surface area contributed by atoms with Crippen molar-refractivity contribution in [2.24, 2.45) is 0 Å². The number of hydrogen-bond donors (Lipinski definition) is 3. The monoisotopic (exact) mass is 410 g/mol. The molecule has 0 aliphatic carbocycles. The van der Waals surface area contributed by atoms with E-state index in [0.717, 1.165) is 0 Å². The number of benzene rings is 1. The number of nitrogens with two attached hydrogens (primary N) is 1. The standard InChI is InChI=1S/C20H22N6O4/c1-11(27)12-2-4-13(5-3-12)22-19(29)14-10-15(28)23-18-16(14)17(21)24-20(25-18)26-6-8-30-9-7-26/h2-5,14H,6-10H2,1H3,(H,22,29)(H3,21,23,24,25,28)/t14-/m0/s1. The molecule has 1 fully saturated rings. The largest absolute Gasteiger partial charge is 0.383 e. The predicted octanol–water partition coefficient (Wildman–Crippen LogP) is 1.16. The van der Waals surface area contributed by atoms with E-state index in [1.807, 2.05) is 4.90 Å². The molecule has 4 N–H and O–H groups in total. The zero-order valence-corrected chi connectivity index (χ0v) is 16.5. The van der Waals surface area contributed by atoms with Gasteiger partial charge in [-0.15, -0.1) is 0 Å². The van der Waals surface area contributed by atoms with E-state index >= 15 is 0 Å². The minimum atomic E-state index is -0.819. The quantitative estimate of drug-likeness (QED) is 0.638. The van der Waals surface area contributed by atoms with E-state index in [1.165, 1.54) is 6.92 Å². The van der Waals surface area contributed by atoms with Crippen LogP contribution in [0.2, 0.25) is 0 Å². The van der Waals surface area contributed by atoms with Crippen molar-refractivity contribution < 1.29 is 19.1 Å². The van der Waals surface area contributed by atoms with Crippen molar-refractivity contribution in [1.29, 1.82) is 0 Å². The van der Waals surface area contributed by atoms with Crippen LogP contribution in [-0.2, 0) is 14.3 Å². The highest BCUT2D eigenvalue weighted by molar-refractivity contribution is 6.05. The van der Waals surface area contributed by atoms with Gasteiger partial charge in [-0.2, -0.15) is 9.97 Å². The molecule has 10 nitrogen and oxygen atoms in total. The van der Waals surface area contributed by atoms with Crippen molar-refractivity contribution in [3.05, 3.63) is 35.4 Å². The molecule has 1 aromatic heterocycles. The van der Waals surface area contributed by atoms with Gasteiger partial charge in [0.15, 0.2) is 5.78 Å². The number of Topliss-reactive ketones (excluding diaryl/α,β-unsaturated/α-hetero) is 1. The molecule has 4 rings (SSSR count). The molecule has 2 aromatic rings. The van der Waals surface area contributed by atoms with Gasteiger partial charge in [-0.1, -0.05) is 0 Å². The first-order chi connectivity index (χ1) is 14.4. The number of rotatable bonds is 4. The number of ether oxygens (including phenoxy) is 1. The molecule has 30 heavy (non-hydrogen) atoms. The van der Waals surface area contributed by atoms with Crippen molar-refractivity contribution in [3.8, 4) is 0 Å². The maximum absolute atomic E-state index is 12.9. The fourth-order valence-corrected chi connectivity index (χ4v) is 3.53. The Kier molecular flexibility index (Phi) is 5.32. The lowest BCUT2D eigenvalue weighted by Gasteiger charge is -2.30. The molecule has 2 aliphatic heterocycles. The Balaban J connectivity index is 1.59. The van der Waals surface area contributed by atoms with Crippen LogP contribution in [0.15, 0.2) is 24.3 Å². The maximum atomic E-state index is 12.9. The normalized spacial score (nSPS) is 18.4. The second-order valence-corrected chi connectivity index (χ2v) is 7.20. The number of fused-ring (bicyclic) bond motifs is 1. The number of carbonyl (C=O) groups excluding carboxylic acids is 3. The fraction of sp³-hybridized carbons (Fsp3) is 0.350. The van der Waals surface area contributed by atoms with E-state index in [1.54, 1.807) is 24.3 Å². The first-order valence-corrected chi connectivity index (χ1v) is 9.64. The molecule has 0 saturated carbocycles. The van der Waals surface area contributed by atoms with E-state index in [-0.39, 0.29) is 29.7 Å². The topological polar surface area (TPSA) is 140 Å². The highest BCUT2D eigenvalue weighted by atomic mass is 16.5. The predicted molar refractivity (Wildman–Crippen MR) is 111 cm³/mol. The van der Waals surface area contributed by atoms with Gasteiger partial charge in [0.05, 0.1) is 24.7 Å². The van der Waals surface area contributed by atoms with Crippen LogP contribution in [0.5, 0.6) is 0 Å². The minimum absolute atomic E-state index is 0.0607. The zero-order chi connectivity index (χ0) is 21.3. The van der Waals surface area contributed by atoms with Gasteiger partial charge in [-0.3, -0.25) is 14.4 Å². The second kappa shape index (κ2) is 8.07. The minimum Gasteiger partial charge on any atom is -0.383 e. The van der Waals surface area contributed by atoms with Gasteiger partial charge in [-0.25, -0.2) is 0 Å². The van der Waals surface area contributed by atoms with Gasteiger partial charge in [0.1, 0.15) is 11.6 Å². The molecule has 0 unspecified atom stereocenters. The Bertz CT molecular complexity index is 1000. The Morgan fingerprint density at radius 1 is 1.20 bits per heavy atom. The number of aromatic nitrogens is 2. The Morgan fingerprint density at radius 3 is 2.57 bits per heavy atom. The van der Waals surface area contributed by atoms with Crippen LogP contribution in [-0.4, -0.2) is 53.9 Å². The SMILES string of the molecule is CC(=O)c1ccc(NC(=O)[C@H]2CC(=O)Nc3nc(N4CCOCC4)nc(N)c32)cc1. The summed E-state index contributed by atoms with van der Waals surface area (Å²) >= 11 is 0. The van der Waals surface area contributed by atoms with Gasteiger partial charge < -0.3 is 26.0 Å². The highest BCUT2D eigenvalue weighted by Crippen LogP contribution is 2.36. The van der Waals surface area contributed by atoms with E-state index in [2.05, 4.69) is 20.6 Å². The lowest BCUT2D eigenvalue weighted by atomic mass is 9.91. The van der Waals surface area contributed by atoms with Gasteiger partial charge in [0.2, 0.25) is 17.8 Å². The Hall–Kier alpha value is -3.53. The van der Waals surface area contributed by atoms with E-state index in [4.69, 9.17) is 10.5 Å². The smallest absolute Gasteiger partial charge is 0.232 e. The van der Waals surface area contributed by atoms with E-state index < -0.39 is 11.8 Å². The number of nitrogens with one attached hydrogen (secondary N) is 2. The first-order valence-electron chi connectivity index (χ1n) is 9.64. The average Bonchev–Trinajstić information content (AvgIpc) is 2.73. The van der Waals surface area contributed by atoms with Gasteiger partial charge in [0.25, 0.3) is 0 Å². The summed E-state index contributed by atoms with van der Waals surface area (Å²) in [7, 11) is 0. The number of nitrogen functional groups attached to an aromatic ring is 1. The molecule has 0 spiro atoms. The number of hydrogen-bond acceptors (Lipinski definition) is 8. The fourth-order valence-electron chi connectivity index (χ4n) is 3.53.